The van der Waals surface area contributed by atoms with E-state index in [9.17, 15) is 17.6 Å². The van der Waals surface area contributed by atoms with Gasteiger partial charge in [0.2, 0.25) is 0 Å². The maximum absolute atomic E-state index is 15.3. The van der Waals surface area contributed by atoms with Crippen molar-refractivity contribution in [3.8, 4) is 11.5 Å². The highest BCUT2D eigenvalue weighted by Crippen LogP contribution is 2.46. The van der Waals surface area contributed by atoms with E-state index in [0.717, 1.165) is 30.9 Å². The topological polar surface area (TPSA) is 9.23 Å². The van der Waals surface area contributed by atoms with Crippen LogP contribution < -0.4 is 4.74 Å². The van der Waals surface area contributed by atoms with Gasteiger partial charge in [-0.05, 0) is 74.3 Å². The molecule has 0 spiro atoms. The Morgan fingerprint density at radius 1 is 0.735 bits per heavy atom. The molecule has 0 radical (unpaired) electrons. The number of halogens is 5. The normalized spacial score (nSPS) is 25.4. The molecule has 6 heteroatoms. The summed E-state index contributed by atoms with van der Waals surface area (Å²) in [5.74, 6) is -4.77. The summed E-state index contributed by atoms with van der Waals surface area (Å²) >= 11 is 0. The highest BCUT2D eigenvalue weighted by Gasteiger charge is 2.33. The SMILES string of the molecule is CCCCC1CCC(C2CCC(c3c(F)ccc(Oc4cc(F)c(F)c(F)c4)c3F)CC2)CC1. The van der Waals surface area contributed by atoms with Gasteiger partial charge in [-0.2, -0.15) is 0 Å². The number of ether oxygens (including phenoxy) is 1. The van der Waals surface area contributed by atoms with Crippen molar-refractivity contribution in [2.75, 3.05) is 0 Å². The van der Waals surface area contributed by atoms with Crippen LogP contribution in [-0.2, 0) is 0 Å². The molecule has 0 heterocycles. The Morgan fingerprint density at radius 2 is 1.32 bits per heavy atom. The van der Waals surface area contributed by atoms with E-state index < -0.39 is 29.1 Å². The van der Waals surface area contributed by atoms with Crippen LogP contribution >= 0.6 is 0 Å². The third kappa shape index (κ3) is 5.58. The van der Waals surface area contributed by atoms with Gasteiger partial charge in [-0.15, -0.1) is 0 Å². The van der Waals surface area contributed by atoms with Gasteiger partial charge in [0, 0.05) is 17.7 Å². The molecule has 0 aliphatic heterocycles. The second kappa shape index (κ2) is 11.1. The van der Waals surface area contributed by atoms with Gasteiger partial charge in [0.25, 0.3) is 0 Å². The van der Waals surface area contributed by atoms with Crippen molar-refractivity contribution in [2.24, 2.45) is 17.8 Å². The Kier molecular flexibility index (Phi) is 8.15. The van der Waals surface area contributed by atoms with Crippen molar-refractivity contribution in [3.63, 3.8) is 0 Å². The van der Waals surface area contributed by atoms with E-state index >= 15 is 4.39 Å². The molecule has 2 fully saturated rings. The lowest BCUT2D eigenvalue weighted by atomic mass is 9.68. The Bertz CT molecular complexity index is 952. The molecule has 0 bridgehead atoms. The first-order valence-electron chi connectivity index (χ1n) is 12.7. The molecule has 2 aliphatic carbocycles. The summed E-state index contributed by atoms with van der Waals surface area (Å²) in [6, 6.07) is 3.50. The van der Waals surface area contributed by atoms with Crippen LogP contribution in [0.5, 0.6) is 11.5 Å². The molecule has 0 amide bonds. The lowest BCUT2D eigenvalue weighted by Gasteiger charge is -2.38. The van der Waals surface area contributed by atoms with Crippen LogP contribution in [0.4, 0.5) is 22.0 Å². The molecule has 0 aromatic heterocycles. The molecule has 186 valence electrons. The fourth-order valence-corrected chi connectivity index (χ4v) is 6.04. The standard InChI is InChI=1S/C28H33F5O/c1-2-3-4-17-5-7-18(8-6-17)19-9-11-20(12-10-19)26-22(29)13-14-25(28(26)33)34-21-15-23(30)27(32)24(31)16-21/h13-20H,2-12H2,1H3. The molecule has 1 nitrogen and oxygen atoms in total. The molecule has 0 atom stereocenters. The van der Waals surface area contributed by atoms with E-state index in [1.54, 1.807) is 0 Å². The molecule has 2 aliphatic rings. The summed E-state index contributed by atoms with van der Waals surface area (Å²) in [5, 5.41) is 0. The van der Waals surface area contributed by atoms with E-state index in [1.807, 2.05) is 0 Å². The summed E-state index contributed by atoms with van der Waals surface area (Å²) < 4.78 is 75.4. The van der Waals surface area contributed by atoms with Crippen molar-refractivity contribution in [3.05, 3.63) is 58.9 Å². The van der Waals surface area contributed by atoms with Gasteiger partial charge in [-0.3, -0.25) is 0 Å². The third-order valence-electron chi connectivity index (χ3n) is 7.98. The highest BCUT2D eigenvalue weighted by atomic mass is 19.2. The Balaban J connectivity index is 1.40. The van der Waals surface area contributed by atoms with Crippen molar-refractivity contribution >= 4 is 0 Å². The lowest BCUT2D eigenvalue weighted by molar-refractivity contribution is 0.154. The Labute approximate surface area is 198 Å². The number of hydrogen-bond acceptors (Lipinski definition) is 1. The van der Waals surface area contributed by atoms with Gasteiger partial charge in [0.05, 0.1) is 0 Å². The average molecular weight is 481 g/mol. The number of unbranched alkanes of at least 4 members (excludes halogenated alkanes) is 1. The first kappa shape index (κ1) is 25.0. The zero-order valence-electron chi connectivity index (χ0n) is 19.7. The predicted molar refractivity (Wildman–Crippen MR) is 122 cm³/mol. The summed E-state index contributed by atoms with van der Waals surface area (Å²) in [6.07, 6.45) is 12.4. The van der Waals surface area contributed by atoms with E-state index in [-0.39, 0.29) is 23.0 Å². The molecular formula is C28H33F5O. The van der Waals surface area contributed by atoms with Gasteiger partial charge < -0.3 is 4.74 Å². The van der Waals surface area contributed by atoms with E-state index in [1.165, 1.54) is 44.9 Å². The molecule has 2 aromatic rings. The molecular weight excluding hydrogens is 447 g/mol. The van der Waals surface area contributed by atoms with Crippen molar-refractivity contribution in [1.29, 1.82) is 0 Å². The first-order valence-corrected chi connectivity index (χ1v) is 12.7. The minimum absolute atomic E-state index is 0.0257. The van der Waals surface area contributed by atoms with Gasteiger partial charge in [0.1, 0.15) is 11.6 Å². The van der Waals surface area contributed by atoms with E-state index in [4.69, 9.17) is 4.74 Å². The lowest BCUT2D eigenvalue weighted by Crippen LogP contribution is -2.26. The molecule has 0 unspecified atom stereocenters. The van der Waals surface area contributed by atoms with Crippen LogP contribution in [0.25, 0.3) is 0 Å². The van der Waals surface area contributed by atoms with Crippen molar-refractivity contribution in [2.45, 2.75) is 83.5 Å². The van der Waals surface area contributed by atoms with Gasteiger partial charge in [0.15, 0.2) is 29.0 Å². The largest absolute Gasteiger partial charge is 0.454 e. The second-order valence-corrected chi connectivity index (χ2v) is 10.1. The predicted octanol–water partition coefficient (Wildman–Crippen LogP) is 9.44. The molecule has 34 heavy (non-hydrogen) atoms. The highest BCUT2D eigenvalue weighted by molar-refractivity contribution is 5.38. The fourth-order valence-electron chi connectivity index (χ4n) is 6.04. The maximum atomic E-state index is 15.3. The smallest absolute Gasteiger partial charge is 0.194 e. The minimum Gasteiger partial charge on any atom is -0.454 e. The van der Waals surface area contributed by atoms with Crippen LogP contribution in [0.2, 0.25) is 0 Å². The molecule has 4 rings (SSSR count). The molecule has 2 aromatic carbocycles. The van der Waals surface area contributed by atoms with Crippen LogP contribution in [0.1, 0.15) is 89.0 Å². The summed E-state index contributed by atoms with van der Waals surface area (Å²) in [6.45, 7) is 2.24. The fraction of sp³-hybridized carbons (Fsp3) is 0.571. The zero-order valence-corrected chi connectivity index (χ0v) is 19.7. The second-order valence-electron chi connectivity index (χ2n) is 10.1. The van der Waals surface area contributed by atoms with E-state index in [2.05, 4.69) is 6.92 Å². The van der Waals surface area contributed by atoms with E-state index in [0.29, 0.717) is 36.8 Å². The third-order valence-corrected chi connectivity index (χ3v) is 7.98. The maximum Gasteiger partial charge on any atom is 0.194 e. The van der Waals surface area contributed by atoms with Crippen molar-refractivity contribution < 1.29 is 26.7 Å². The number of rotatable bonds is 7. The monoisotopic (exact) mass is 480 g/mol. The Morgan fingerprint density at radius 3 is 1.91 bits per heavy atom. The van der Waals surface area contributed by atoms with Crippen molar-refractivity contribution in [1.82, 2.24) is 0 Å². The average Bonchev–Trinajstić information content (AvgIpc) is 2.84. The van der Waals surface area contributed by atoms with Crippen LogP contribution in [0.15, 0.2) is 24.3 Å². The minimum atomic E-state index is -1.63. The zero-order chi connectivity index (χ0) is 24.2. The Hall–Kier alpha value is -2.11. The summed E-state index contributed by atoms with van der Waals surface area (Å²) in [5.41, 5.74) is -0.0257. The van der Waals surface area contributed by atoms with Crippen LogP contribution in [0, 0.1) is 46.8 Å². The molecule has 2 saturated carbocycles. The molecule has 0 saturated heterocycles. The number of benzene rings is 2. The molecule has 0 N–H and O–H groups in total. The van der Waals surface area contributed by atoms with Gasteiger partial charge in [-0.1, -0.05) is 39.0 Å². The summed E-state index contributed by atoms with van der Waals surface area (Å²) in [4.78, 5) is 0. The quantitative estimate of drug-likeness (QED) is 0.283. The number of hydrogen-bond donors (Lipinski definition) is 0. The van der Waals surface area contributed by atoms with Crippen LogP contribution in [0.3, 0.4) is 0 Å². The first-order chi connectivity index (χ1) is 16.4. The van der Waals surface area contributed by atoms with Gasteiger partial charge in [-0.25, -0.2) is 22.0 Å². The summed E-state index contributed by atoms with van der Waals surface area (Å²) in [7, 11) is 0. The van der Waals surface area contributed by atoms with Gasteiger partial charge >= 0.3 is 0 Å². The van der Waals surface area contributed by atoms with Crippen LogP contribution in [-0.4, -0.2) is 0 Å².